The predicted molar refractivity (Wildman–Crippen MR) is 79.0 cm³/mol. The Balaban J connectivity index is 2.44. The minimum Gasteiger partial charge on any atom is -0.226 e. The second-order valence-corrected chi connectivity index (χ2v) is 6.16. The Labute approximate surface area is 131 Å². The van der Waals surface area contributed by atoms with E-state index in [1.807, 2.05) is 0 Å². The van der Waals surface area contributed by atoms with Crippen LogP contribution in [-0.2, 0) is 4.79 Å². The van der Waals surface area contributed by atoms with Crippen LogP contribution in [0.4, 0.5) is 0 Å². The van der Waals surface area contributed by atoms with Crippen molar-refractivity contribution in [2.24, 2.45) is 5.10 Å². The van der Waals surface area contributed by atoms with Gasteiger partial charge in [0.2, 0.25) is 5.50 Å². The van der Waals surface area contributed by atoms with Gasteiger partial charge in [-0.3, -0.25) is 0 Å². The molecule has 0 fully saturated rings. The number of carbonyl (C=O) groups is 1. The van der Waals surface area contributed by atoms with Gasteiger partial charge in [-0.15, -0.1) is 16.2 Å². The quantitative estimate of drug-likeness (QED) is 0.450. The molecule has 1 amide bonds. The highest BCUT2D eigenvalue weighted by atomic mass is 35.5. The van der Waals surface area contributed by atoms with Crippen LogP contribution in [0.25, 0.3) is 0 Å². The Bertz CT molecular complexity index is 575. The van der Waals surface area contributed by atoms with E-state index in [1.165, 1.54) is 0 Å². The normalized spacial score (nSPS) is 28.4. The van der Waals surface area contributed by atoms with Crippen molar-refractivity contribution in [3.05, 3.63) is 33.8 Å². The molecule has 0 saturated heterocycles. The number of hydrogen-bond acceptors (Lipinski definition) is 2. The molecule has 0 N–H and O–H groups in total. The van der Waals surface area contributed by atoms with Crippen molar-refractivity contribution in [1.29, 1.82) is 0 Å². The van der Waals surface area contributed by atoms with Gasteiger partial charge in [-0.25, -0.2) is 4.79 Å². The number of carbonyl (C=O) groups excluding carboxylic acids is 1. The average Bonchev–Trinajstić information content (AvgIpc) is 2.54. The summed E-state index contributed by atoms with van der Waals surface area (Å²) >= 11 is 24.3. The molecular formula is C12H11Cl4N2O+. The molecule has 0 saturated carbocycles. The Morgan fingerprint density at radius 1 is 1.37 bits per heavy atom. The van der Waals surface area contributed by atoms with Crippen molar-refractivity contribution in [1.82, 2.24) is 0 Å². The van der Waals surface area contributed by atoms with Gasteiger partial charge in [0, 0.05) is 10.6 Å². The van der Waals surface area contributed by atoms with Gasteiger partial charge in [0.15, 0.2) is 5.38 Å². The van der Waals surface area contributed by atoms with Crippen LogP contribution in [0.1, 0.15) is 18.0 Å². The number of halogens is 4. The summed E-state index contributed by atoms with van der Waals surface area (Å²) in [5.41, 5.74) is 0.381. The molecule has 1 aliphatic rings. The third-order valence-electron chi connectivity index (χ3n) is 3.06. The van der Waals surface area contributed by atoms with Gasteiger partial charge in [0.05, 0.1) is 5.02 Å². The number of benzene rings is 1. The average molecular weight is 341 g/mol. The molecule has 1 aliphatic heterocycles. The maximum absolute atomic E-state index is 12.2. The first-order valence-corrected chi connectivity index (χ1v) is 7.10. The summed E-state index contributed by atoms with van der Waals surface area (Å²) in [7, 11) is 1.61. The molecule has 1 aromatic carbocycles. The number of quaternary nitrogens is 1. The molecule has 102 valence electrons. The first-order chi connectivity index (χ1) is 8.77. The Morgan fingerprint density at radius 3 is 2.47 bits per heavy atom. The van der Waals surface area contributed by atoms with E-state index in [0.717, 1.165) is 0 Å². The van der Waals surface area contributed by atoms with Gasteiger partial charge >= 0.3 is 5.91 Å². The van der Waals surface area contributed by atoms with Gasteiger partial charge in [-0.1, -0.05) is 28.3 Å². The highest BCUT2D eigenvalue weighted by Gasteiger charge is 2.51. The fraction of sp³-hybridized carbons (Fsp3) is 0.333. The first-order valence-electron chi connectivity index (χ1n) is 5.48. The molecule has 3 nitrogen and oxygen atoms in total. The number of amides is 1. The highest BCUT2D eigenvalue weighted by Crippen LogP contribution is 2.40. The third-order valence-corrected chi connectivity index (χ3v) is 4.74. The monoisotopic (exact) mass is 339 g/mol. The lowest BCUT2D eigenvalue weighted by Crippen LogP contribution is -2.45. The summed E-state index contributed by atoms with van der Waals surface area (Å²) in [5.74, 6) is -0.273. The van der Waals surface area contributed by atoms with Crippen LogP contribution in [0.15, 0.2) is 23.3 Å². The van der Waals surface area contributed by atoms with E-state index in [4.69, 9.17) is 46.4 Å². The molecule has 0 aromatic heterocycles. The second-order valence-electron chi connectivity index (χ2n) is 4.47. The smallest absolute Gasteiger partial charge is 0.226 e. The fourth-order valence-corrected chi connectivity index (χ4v) is 3.10. The molecule has 3 atom stereocenters. The summed E-state index contributed by atoms with van der Waals surface area (Å²) < 4.78 is -0.358. The van der Waals surface area contributed by atoms with E-state index in [9.17, 15) is 4.79 Å². The first kappa shape index (κ1) is 15.1. The standard InChI is InChI=1S/C12H11Cl4N2O/c1-6-10(15)12(19)18(2,17-6)11(16)8-4-3-7(13)5-9(8)14/h3-5,10-11H,1-2H3/q+1/t10-,11?,18?/m0/s1. The minimum absolute atomic E-state index is 0.273. The molecule has 2 rings (SSSR count). The van der Waals surface area contributed by atoms with Crippen molar-refractivity contribution in [3.8, 4) is 0 Å². The lowest BCUT2D eigenvalue weighted by Gasteiger charge is -2.27. The van der Waals surface area contributed by atoms with Crippen LogP contribution < -0.4 is 0 Å². The summed E-state index contributed by atoms with van der Waals surface area (Å²) in [4.78, 5) is 12.2. The fourth-order valence-electron chi connectivity index (χ4n) is 1.96. The van der Waals surface area contributed by atoms with Gasteiger partial charge in [0.1, 0.15) is 12.8 Å². The summed E-state index contributed by atoms with van der Waals surface area (Å²) in [5, 5.41) is 4.42. The van der Waals surface area contributed by atoms with Gasteiger partial charge in [-0.2, -0.15) is 0 Å². The van der Waals surface area contributed by atoms with E-state index in [0.29, 0.717) is 21.3 Å². The van der Waals surface area contributed by atoms with E-state index < -0.39 is 10.9 Å². The maximum atomic E-state index is 12.2. The number of rotatable bonds is 2. The van der Waals surface area contributed by atoms with Crippen LogP contribution in [-0.4, -0.2) is 28.6 Å². The van der Waals surface area contributed by atoms with Gasteiger partial charge in [0.25, 0.3) is 0 Å². The molecule has 2 unspecified atom stereocenters. The zero-order valence-electron chi connectivity index (χ0n) is 10.2. The molecule has 0 spiro atoms. The molecular weight excluding hydrogens is 330 g/mol. The van der Waals surface area contributed by atoms with Gasteiger partial charge in [-0.05, 0) is 36.7 Å². The molecule has 0 aliphatic carbocycles. The third kappa shape index (κ3) is 2.50. The number of hydrogen-bond donors (Lipinski definition) is 0. The van der Waals surface area contributed by atoms with Crippen LogP contribution >= 0.6 is 46.4 Å². The summed E-state index contributed by atoms with van der Waals surface area (Å²) in [6.45, 7) is 1.70. The molecule has 1 heterocycles. The lowest BCUT2D eigenvalue weighted by molar-refractivity contribution is -0.855. The zero-order valence-corrected chi connectivity index (χ0v) is 13.2. The van der Waals surface area contributed by atoms with Crippen molar-refractivity contribution in [3.63, 3.8) is 0 Å². The van der Waals surface area contributed by atoms with Crippen LogP contribution in [0, 0.1) is 0 Å². The zero-order chi connectivity index (χ0) is 14.4. The Morgan fingerprint density at radius 2 is 2.00 bits per heavy atom. The topological polar surface area (TPSA) is 29.4 Å². The minimum atomic E-state index is -0.754. The molecule has 19 heavy (non-hydrogen) atoms. The maximum Gasteiger partial charge on any atom is 0.365 e. The molecule has 7 heteroatoms. The van der Waals surface area contributed by atoms with Crippen molar-refractivity contribution in [2.45, 2.75) is 17.8 Å². The lowest BCUT2D eigenvalue weighted by atomic mass is 10.2. The highest BCUT2D eigenvalue weighted by molar-refractivity contribution is 6.42. The summed E-state index contributed by atoms with van der Waals surface area (Å²) in [6, 6.07) is 4.93. The van der Waals surface area contributed by atoms with Crippen molar-refractivity contribution < 1.29 is 9.39 Å². The van der Waals surface area contributed by atoms with Gasteiger partial charge < -0.3 is 0 Å². The molecule has 0 radical (unpaired) electrons. The Hall–Kier alpha value is -0.320. The van der Waals surface area contributed by atoms with Crippen molar-refractivity contribution >= 4 is 58.0 Å². The van der Waals surface area contributed by atoms with Crippen LogP contribution in [0.5, 0.6) is 0 Å². The second kappa shape index (κ2) is 5.23. The van der Waals surface area contributed by atoms with Crippen LogP contribution in [0.2, 0.25) is 10.0 Å². The molecule has 0 bridgehead atoms. The molecule has 1 aromatic rings. The number of nitrogens with zero attached hydrogens (tertiary/aromatic N) is 2. The largest absolute Gasteiger partial charge is 0.365 e. The predicted octanol–water partition coefficient (Wildman–Crippen LogP) is 4.20. The van der Waals surface area contributed by atoms with Crippen LogP contribution in [0.3, 0.4) is 0 Å². The van der Waals surface area contributed by atoms with E-state index in [-0.39, 0.29) is 10.5 Å². The van der Waals surface area contributed by atoms with E-state index >= 15 is 0 Å². The van der Waals surface area contributed by atoms with E-state index in [1.54, 1.807) is 32.2 Å². The SMILES string of the molecule is CC1=N[N+](C)(C(Cl)c2ccc(Cl)cc2Cl)C(=O)[C@H]1Cl. The van der Waals surface area contributed by atoms with Crippen molar-refractivity contribution in [2.75, 3.05) is 7.05 Å². The van der Waals surface area contributed by atoms with E-state index in [2.05, 4.69) is 5.10 Å². The number of alkyl halides is 2. The Kier molecular flexibility index (Phi) is 4.15. The summed E-state index contributed by atoms with van der Waals surface area (Å²) in [6.07, 6.45) is 0.